The van der Waals surface area contributed by atoms with Crippen molar-refractivity contribution in [3.63, 3.8) is 0 Å². The third-order valence-electron chi connectivity index (χ3n) is 9.55. The zero-order valence-corrected chi connectivity index (χ0v) is 23.5. The maximum atomic E-state index is 13.9. The summed E-state index contributed by atoms with van der Waals surface area (Å²) in [6.45, 7) is 0. The van der Waals surface area contributed by atoms with Gasteiger partial charge in [-0.2, -0.15) is 13.2 Å². The number of fused-ring (bicyclic) bond motifs is 9. The van der Waals surface area contributed by atoms with Crippen molar-refractivity contribution in [2.45, 2.75) is 28.8 Å². The number of amides is 2. The van der Waals surface area contributed by atoms with Crippen LogP contribution in [0.3, 0.4) is 0 Å². The summed E-state index contributed by atoms with van der Waals surface area (Å²) >= 11 is 2.74. The molecule has 0 radical (unpaired) electrons. The number of hydrogen-bond acceptors (Lipinski definition) is 5. The molecule has 2 amide bonds. The maximum absolute atomic E-state index is 13.9. The largest absolute Gasteiger partial charge is 0.418 e. The number of thioether (sulfide) groups is 1. The molecular formula is C32H23F3N2O3S2. The first-order chi connectivity index (χ1) is 20.2. The van der Waals surface area contributed by atoms with Crippen molar-refractivity contribution in [2.75, 3.05) is 4.90 Å². The quantitative estimate of drug-likeness (QED) is 0.261. The van der Waals surface area contributed by atoms with E-state index in [-0.39, 0.29) is 39.5 Å². The summed E-state index contributed by atoms with van der Waals surface area (Å²) in [5.74, 6) is -2.95. The smallest absolute Gasteiger partial charge is 0.307 e. The number of anilines is 1. The van der Waals surface area contributed by atoms with Gasteiger partial charge in [0.25, 0.3) is 0 Å². The second-order valence-electron chi connectivity index (χ2n) is 11.5. The lowest BCUT2D eigenvalue weighted by atomic mass is 9.68. The molecule has 3 aromatic carbocycles. The van der Waals surface area contributed by atoms with Crippen LogP contribution in [0.25, 0.3) is 11.1 Å². The molecule has 4 aliphatic rings. The van der Waals surface area contributed by atoms with Crippen LogP contribution in [-0.4, -0.2) is 22.0 Å². The first-order valence-corrected chi connectivity index (χ1v) is 15.5. The van der Waals surface area contributed by atoms with Gasteiger partial charge in [0, 0.05) is 16.0 Å². The molecule has 10 heteroatoms. The van der Waals surface area contributed by atoms with Crippen molar-refractivity contribution in [3.8, 4) is 11.1 Å². The SMILES string of the molecule is O=C1[C@H]2[C@H]3C[C@@H]([C@@H]2C(=O)N1c1ccccc1C(F)(F)F)[C@H]1[C@H](c2ccc(-c4ccccc4)cc2)c2sc(=O)[nH]c2S[C@H]31. The molecule has 1 N–H and O–H groups in total. The number of para-hydroxylation sites is 1. The number of halogens is 3. The highest BCUT2D eigenvalue weighted by Crippen LogP contribution is 2.68. The van der Waals surface area contributed by atoms with Crippen LogP contribution >= 0.6 is 23.1 Å². The van der Waals surface area contributed by atoms with Gasteiger partial charge in [-0.3, -0.25) is 14.4 Å². The highest BCUT2D eigenvalue weighted by molar-refractivity contribution is 8.00. The molecule has 8 rings (SSSR count). The highest BCUT2D eigenvalue weighted by Gasteiger charge is 2.70. The number of rotatable bonds is 3. The maximum Gasteiger partial charge on any atom is 0.418 e. The number of imide groups is 1. The Hall–Kier alpha value is -3.63. The molecule has 2 aliphatic carbocycles. The Morgan fingerprint density at radius 2 is 1.43 bits per heavy atom. The lowest BCUT2D eigenvalue weighted by molar-refractivity contribution is -0.137. The van der Waals surface area contributed by atoms with Crippen molar-refractivity contribution < 1.29 is 22.8 Å². The normalized spacial score (nSPS) is 29.5. The van der Waals surface area contributed by atoms with Gasteiger partial charge < -0.3 is 4.98 Å². The summed E-state index contributed by atoms with van der Waals surface area (Å²) < 4.78 is 41.7. The Morgan fingerprint density at radius 1 is 0.786 bits per heavy atom. The number of alkyl halides is 3. The summed E-state index contributed by atoms with van der Waals surface area (Å²) in [4.78, 5) is 44.8. The Morgan fingerprint density at radius 3 is 2.14 bits per heavy atom. The van der Waals surface area contributed by atoms with Crippen molar-refractivity contribution in [3.05, 3.63) is 105 Å². The molecule has 3 heterocycles. The number of nitrogens with one attached hydrogen (secondary N) is 1. The van der Waals surface area contributed by atoms with Gasteiger partial charge in [0.2, 0.25) is 11.8 Å². The van der Waals surface area contributed by atoms with Gasteiger partial charge >= 0.3 is 11.0 Å². The van der Waals surface area contributed by atoms with E-state index < -0.39 is 35.4 Å². The highest BCUT2D eigenvalue weighted by atomic mass is 32.2. The minimum absolute atomic E-state index is 0.0302. The predicted molar refractivity (Wildman–Crippen MR) is 154 cm³/mol. The molecule has 2 saturated carbocycles. The number of aromatic nitrogens is 1. The summed E-state index contributed by atoms with van der Waals surface area (Å²) in [5, 5.41) is 0.755. The molecular weight excluding hydrogens is 581 g/mol. The zero-order chi connectivity index (χ0) is 28.9. The van der Waals surface area contributed by atoms with E-state index in [9.17, 15) is 27.6 Å². The van der Waals surface area contributed by atoms with E-state index >= 15 is 0 Å². The number of carbonyl (C=O) groups excluding carboxylic acids is 2. The monoisotopic (exact) mass is 604 g/mol. The van der Waals surface area contributed by atoms with Crippen molar-refractivity contribution in [1.82, 2.24) is 4.98 Å². The Bertz CT molecular complexity index is 1800. The summed E-state index contributed by atoms with van der Waals surface area (Å²) in [6, 6.07) is 23.1. The fourth-order valence-electron chi connectivity index (χ4n) is 8.05. The minimum Gasteiger partial charge on any atom is -0.307 e. The molecule has 2 bridgehead atoms. The molecule has 3 fully saturated rings. The second kappa shape index (κ2) is 9.18. The Kier molecular flexibility index (Phi) is 5.69. The van der Waals surface area contributed by atoms with Crippen LogP contribution in [0.15, 0.2) is 88.7 Å². The Labute approximate surface area is 246 Å². The van der Waals surface area contributed by atoms with Gasteiger partial charge in [-0.1, -0.05) is 78.1 Å². The molecule has 7 atom stereocenters. The van der Waals surface area contributed by atoms with Gasteiger partial charge in [-0.15, -0.1) is 11.8 Å². The number of aromatic amines is 1. The van der Waals surface area contributed by atoms with Crippen LogP contribution in [0.1, 0.15) is 28.3 Å². The van der Waals surface area contributed by atoms with Crippen LogP contribution in [0.2, 0.25) is 0 Å². The first-order valence-electron chi connectivity index (χ1n) is 13.8. The topological polar surface area (TPSA) is 70.2 Å². The summed E-state index contributed by atoms with van der Waals surface area (Å²) in [7, 11) is 0. The molecule has 42 heavy (non-hydrogen) atoms. The van der Waals surface area contributed by atoms with Crippen LogP contribution in [0.4, 0.5) is 18.9 Å². The fraction of sp³-hybridized carbons (Fsp3) is 0.281. The third kappa shape index (κ3) is 3.67. The molecule has 5 nitrogen and oxygen atoms in total. The van der Waals surface area contributed by atoms with Gasteiger partial charge in [0.1, 0.15) is 0 Å². The molecule has 1 saturated heterocycles. The average molecular weight is 605 g/mol. The molecule has 4 aromatic rings. The van der Waals surface area contributed by atoms with E-state index in [0.717, 1.165) is 37.6 Å². The van der Waals surface area contributed by atoms with E-state index in [0.29, 0.717) is 6.42 Å². The van der Waals surface area contributed by atoms with Crippen LogP contribution in [-0.2, 0) is 15.8 Å². The number of carbonyl (C=O) groups is 2. The zero-order valence-electron chi connectivity index (χ0n) is 21.9. The van der Waals surface area contributed by atoms with Gasteiger partial charge in [-0.05, 0) is 53.0 Å². The number of H-pyrrole nitrogens is 1. The second-order valence-corrected chi connectivity index (χ2v) is 13.7. The molecule has 0 unspecified atom stereocenters. The lowest BCUT2D eigenvalue weighted by Crippen LogP contribution is -2.42. The van der Waals surface area contributed by atoms with Crippen molar-refractivity contribution >= 4 is 40.6 Å². The molecule has 212 valence electrons. The predicted octanol–water partition coefficient (Wildman–Crippen LogP) is 6.80. The Balaban J connectivity index is 1.20. The molecule has 1 aromatic heterocycles. The molecule has 2 aliphatic heterocycles. The van der Waals surface area contributed by atoms with E-state index in [1.165, 1.54) is 29.5 Å². The number of hydrogen-bond donors (Lipinski definition) is 1. The van der Waals surface area contributed by atoms with Crippen LogP contribution in [0, 0.1) is 29.6 Å². The summed E-state index contributed by atoms with van der Waals surface area (Å²) in [5.41, 5.74) is 1.81. The first kappa shape index (κ1) is 26.0. The molecule has 0 spiro atoms. The number of thiazole rings is 1. The van der Waals surface area contributed by atoms with Gasteiger partial charge in [-0.25, -0.2) is 4.90 Å². The van der Waals surface area contributed by atoms with Gasteiger partial charge in [0.15, 0.2) is 0 Å². The van der Waals surface area contributed by atoms with E-state index in [1.54, 1.807) is 11.8 Å². The average Bonchev–Trinajstić information content (AvgIpc) is 3.72. The van der Waals surface area contributed by atoms with E-state index in [2.05, 4.69) is 29.2 Å². The lowest BCUT2D eigenvalue weighted by Gasteiger charge is -2.43. The van der Waals surface area contributed by atoms with E-state index in [4.69, 9.17) is 0 Å². The van der Waals surface area contributed by atoms with Gasteiger partial charge in [0.05, 0.1) is 28.1 Å². The third-order valence-corrected chi connectivity index (χ3v) is 12.1. The van der Waals surface area contributed by atoms with Crippen LogP contribution < -0.4 is 9.77 Å². The minimum atomic E-state index is -4.70. The number of nitrogens with zero attached hydrogens (tertiary/aromatic N) is 1. The number of benzene rings is 3. The van der Waals surface area contributed by atoms with E-state index in [1.807, 2.05) is 30.3 Å². The fourth-order valence-corrected chi connectivity index (χ4v) is 10.9. The van der Waals surface area contributed by atoms with Crippen molar-refractivity contribution in [2.24, 2.45) is 29.6 Å². The van der Waals surface area contributed by atoms with Crippen LogP contribution in [0.5, 0.6) is 0 Å². The standard InChI is InChI=1S/C32H23F3N2O3S2/c33-32(34,35)20-8-4-5-9-21(20)37-29(38)24-18-14-19(25(24)30(37)39)26-23(18)22(27-28(41-26)36-31(40)42-27)17-12-10-16(11-13-17)15-6-2-1-3-7-15/h1-13,18-19,22-26H,14H2,(H,36,40)/t18-,19-,22+,23+,24+,25+,26-/m1/s1. The summed E-state index contributed by atoms with van der Waals surface area (Å²) in [6.07, 6.45) is -4.03. The van der Waals surface area contributed by atoms with Crippen molar-refractivity contribution in [1.29, 1.82) is 0 Å².